The molecule has 0 atom stereocenters. The van der Waals surface area contributed by atoms with Gasteiger partial charge in [0.05, 0.1) is 5.41 Å². The molecule has 1 aliphatic rings. The predicted octanol–water partition coefficient (Wildman–Crippen LogP) is 2.94. The summed E-state index contributed by atoms with van der Waals surface area (Å²) in [5.41, 5.74) is 1.55. The number of rotatable bonds is 7. The van der Waals surface area contributed by atoms with Crippen molar-refractivity contribution in [1.29, 1.82) is 0 Å². The molecule has 0 amide bonds. The highest BCUT2D eigenvalue weighted by atomic mass is 16.5. The molecule has 0 aromatic heterocycles. The summed E-state index contributed by atoms with van der Waals surface area (Å²) >= 11 is 0. The van der Waals surface area contributed by atoms with Crippen LogP contribution in [-0.2, 0) is 4.79 Å². The van der Waals surface area contributed by atoms with Gasteiger partial charge in [-0.2, -0.15) is 0 Å². The third-order valence-electron chi connectivity index (χ3n) is 4.31. The summed E-state index contributed by atoms with van der Waals surface area (Å²) in [6, 6.07) is 7.92. The highest BCUT2D eigenvalue weighted by Crippen LogP contribution is 2.27. The van der Waals surface area contributed by atoms with E-state index in [1.54, 1.807) is 0 Å². The Morgan fingerprint density at radius 1 is 1.33 bits per heavy atom. The molecule has 0 radical (unpaired) electrons. The molecule has 0 fully saturated rings. The van der Waals surface area contributed by atoms with Crippen molar-refractivity contribution in [2.45, 2.75) is 26.7 Å². The monoisotopic (exact) mass is 289 g/mol. The number of nitrogens with one attached hydrogen (secondary N) is 1. The van der Waals surface area contributed by atoms with Crippen molar-refractivity contribution in [3.63, 3.8) is 0 Å². The van der Waals surface area contributed by atoms with E-state index < -0.39 is 11.4 Å². The normalized spacial score (nSPS) is 14.1. The molecule has 0 unspecified atom stereocenters. The Morgan fingerprint density at radius 2 is 2.05 bits per heavy atom. The van der Waals surface area contributed by atoms with Crippen LogP contribution in [-0.4, -0.2) is 30.8 Å². The fourth-order valence-electron chi connectivity index (χ4n) is 2.61. The third kappa shape index (κ3) is 3.45. The van der Waals surface area contributed by atoms with Crippen molar-refractivity contribution >= 4 is 12.0 Å². The highest BCUT2D eigenvalue weighted by molar-refractivity contribution is 5.74. The molecular formula is C17H23NO3. The number of carbonyl (C=O) groups is 1. The number of ether oxygens (including phenoxy) is 1. The maximum absolute atomic E-state index is 11.5. The Labute approximate surface area is 125 Å². The number of para-hydroxylation sites is 1. The van der Waals surface area contributed by atoms with Gasteiger partial charge in [0.25, 0.3) is 0 Å². The molecule has 0 aliphatic carbocycles. The van der Waals surface area contributed by atoms with Gasteiger partial charge in [0.15, 0.2) is 0 Å². The van der Waals surface area contributed by atoms with Crippen molar-refractivity contribution in [2.24, 2.45) is 5.41 Å². The van der Waals surface area contributed by atoms with Gasteiger partial charge < -0.3 is 15.2 Å². The average Bonchev–Trinajstić information content (AvgIpc) is 2.51. The van der Waals surface area contributed by atoms with Crippen molar-refractivity contribution in [1.82, 2.24) is 5.32 Å². The zero-order valence-corrected chi connectivity index (χ0v) is 12.7. The van der Waals surface area contributed by atoms with Gasteiger partial charge in [-0.3, -0.25) is 4.79 Å². The van der Waals surface area contributed by atoms with E-state index in [4.69, 9.17) is 4.74 Å². The first-order valence-corrected chi connectivity index (χ1v) is 7.46. The third-order valence-corrected chi connectivity index (χ3v) is 4.31. The largest absolute Gasteiger partial charge is 0.489 e. The lowest BCUT2D eigenvalue weighted by Gasteiger charge is -2.27. The van der Waals surface area contributed by atoms with Crippen LogP contribution in [0.5, 0.6) is 5.75 Å². The number of fused-ring (bicyclic) bond motifs is 1. The Kier molecular flexibility index (Phi) is 5.02. The molecule has 0 spiro atoms. The van der Waals surface area contributed by atoms with Gasteiger partial charge in [-0.25, -0.2) is 0 Å². The van der Waals surface area contributed by atoms with Crippen LogP contribution in [0.2, 0.25) is 0 Å². The SMILES string of the molecule is CCC(CC)(CNCC1=Cc2ccccc2OC1)C(=O)O. The van der Waals surface area contributed by atoms with E-state index in [2.05, 4.69) is 11.4 Å². The van der Waals surface area contributed by atoms with E-state index in [0.717, 1.165) is 16.9 Å². The van der Waals surface area contributed by atoms with Crippen LogP contribution in [0.15, 0.2) is 29.8 Å². The minimum absolute atomic E-state index is 0.480. The minimum atomic E-state index is -0.723. The predicted molar refractivity (Wildman–Crippen MR) is 83.4 cm³/mol. The number of benzene rings is 1. The highest BCUT2D eigenvalue weighted by Gasteiger charge is 2.34. The molecule has 114 valence electrons. The Bertz CT molecular complexity index is 533. The van der Waals surface area contributed by atoms with Crippen molar-refractivity contribution < 1.29 is 14.6 Å². The zero-order valence-electron chi connectivity index (χ0n) is 12.7. The second-order valence-electron chi connectivity index (χ2n) is 5.53. The molecule has 4 heteroatoms. The van der Waals surface area contributed by atoms with E-state index in [1.807, 2.05) is 38.1 Å². The first-order chi connectivity index (χ1) is 10.1. The molecule has 0 saturated heterocycles. The van der Waals surface area contributed by atoms with Crippen LogP contribution in [0.1, 0.15) is 32.3 Å². The van der Waals surface area contributed by atoms with Crippen LogP contribution in [0, 0.1) is 5.41 Å². The quantitative estimate of drug-likeness (QED) is 0.810. The minimum Gasteiger partial charge on any atom is -0.489 e. The van der Waals surface area contributed by atoms with E-state index in [1.165, 1.54) is 0 Å². The molecule has 1 aliphatic heterocycles. The van der Waals surface area contributed by atoms with E-state index in [9.17, 15) is 9.90 Å². The first-order valence-electron chi connectivity index (χ1n) is 7.46. The summed E-state index contributed by atoms with van der Waals surface area (Å²) in [5, 5.41) is 12.7. The second-order valence-corrected chi connectivity index (χ2v) is 5.53. The smallest absolute Gasteiger partial charge is 0.310 e. The van der Waals surface area contributed by atoms with Gasteiger partial charge in [-0.15, -0.1) is 0 Å². The van der Waals surface area contributed by atoms with Crippen LogP contribution in [0.4, 0.5) is 0 Å². The Balaban J connectivity index is 1.95. The Hall–Kier alpha value is -1.81. The summed E-state index contributed by atoms with van der Waals surface area (Å²) < 4.78 is 5.69. The second kappa shape index (κ2) is 6.76. The summed E-state index contributed by atoms with van der Waals surface area (Å²) in [6.07, 6.45) is 3.38. The number of hydrogen-bond donors (Lipinski definition) is 2. The van der Waals surface area contributed by atoms with E-state index in [0.29, 0.717) is 32.5 Å². The van der Waals surface area contributed by atoms with Crippen molar-refractivity contribution in [2.75, 3.05) is 19.7 Å². The molecule has 21 heavy (non-hydrogen) atoms. The van der Waals surface area contributed by atoms with Crippen molar-refractivity contribution in [3.05, 3.63) is 35.4 Å². The van der Waals surface area contributed by atoms with Crippen LogP contribution in [0.3, 0.4) is 0 Å². The fourth-order valence-corrected chi connectivity index (χ4v) is 2.61. The molecule has 2 N–H and O–H groups in total. The first kappa shape index (κ1) is 15.6. The van der Waals surface area contributed by atoms with E-state index >= 15 is 0 Å². The van der Waals surface area contributed by atoms with Gasteiger partial charge in [0, 0.05) is 18.7 Å². The number of carboxylic acids is 1. The van der Waals surface area contributed by atoms with Gasteiger partial charge >= 0.3 is 5.97 Å². The summed E-state index contributed by atoms with van der Waals surface area (Å²) in [5.74, 6) is 0.183. The lowest BCUT2D eigenvalue weighted by Crippen LogP contribution is -2.41. The maximum Gasteiger partial charge on any atom is 0.310 e. The van der Waals surface area contributed by atoms with Gasteiger partial charge in [0.2, 0.25) is 0 Å². The molecule has 2 rings (SSSR count). The summed E-state index contributed by atoms with van der Waals surface area (Å²) in [7, 11) is 0. The van der Waals surface area contributed by atoms with Gasteiger partial charge in [-0.05, 0) is 30.6 Å². The summed E-state index contributed by atoms with van der Waals surface area (Å²) in [6.45, 7) is 5.55. The van der Waals surface area contributed by atoms with Crippen LogP contribution < -0.4 is 10.1 Å². The zero-order chi connectivity index (χ0) is 15.3. The van der Waals surface area contributed by atoms with E-state index in [-0.39, 0.29) is 0 Å². The maximum atomic E-state index is 11.5. The number of aliphatic carboxylic acids is 1. The molecule has 0 bridgehead atoms. The lowest BCUT2D eigenvalue weighted by atomic mass is 9.82. The topological polar surface area (TPSA) is 58.6 Å². The van der Waals surface area contributed by atoms with Crippen LogP contribution in [0.25, 0.3) is 6.08 Å². The Morgan fingerprint density at radius 3 is 2.71 bits per heavy atom. The molecule has 1 aromatic rings. The van der Waals surface area contributed by atoms with Crippen LogP contribution >= 0.6 is 0 Å². The number of carboxylic acid groups (broad SMARTS) is 1. The van der Waals surface area contributed by atoms with Gasteiger partial charge in [0.1, 0.15) is 12.4 Å². The molecule has 1 heterocycles. The number of hydrogen-bond acceptors (Lipinski definition) is 3. The summed E-state index contributed by atoms with van der Waals surface area (Å²) in [4.78, 5) is 11.5. The molecule has 1 aromatic carbocycles. The molecular weight excluding hydrogens is 266 g/mol. The fraction of sp³-hybridized carbons (Fsp3) is 0.471. The molecule has 4 nitrogen and oxygen atoms in total. The van der Waals surface area contributed by atoms with Gasteiger partial charge in [-0.1, -0.05) is 32.0 Å². The molecule has 0 saturated carbocycles. The average molecular weight is 289 g/mol. The van der Waals surface area contributed by atoms with Crippen molar-refractivity contribution in [3.8, 4) is 5.75 Å². The standard InChI is InChI=1S/C17H23NO3/c1-3-17(4-2,16(19)20)12-18-10-13-9-14-7-5-6-8-15(14)21-11-13/h5-9,18H,3-4,10-12H2,1-2H3,(H,19,20). The lowest BCUT2D eigenvalue weighted by molar-refractivity contribution is -0.149.